The second-order valence-electron chi connectivity index (χ2n) is 8.07. The summed E-state index contributed by atoms with van der Waals surface area (Å²) < 4.78 is 0. The molecule has 0 spiro atoms. The standard InChI is InChI=1S/C19H33N5O6S/c1-10(2)8-13(18(28)24-7-3-4-14(24)19(29)30)23-17(27)12(5-6-15(21)25)22-16(26)11(20)9-31/h10-14,31H,3-9,20H2,1-2H3,(H2,21,25)(H,22,26)(H,23,27)(H,29,30). The van der Waals surface area contributed by atoms with Gasteiger partial charge in [-0.1, -0.05) is 13.8 Å². The van der Waals surface area contributed by atoms with Gasteiger partial charge < -0.3 is 32.1 Å². The van der Waals surface area contributed by atoms with E-state index in [9.17, 15) is 29.1 Å². The van der Waals surface area contributed by atoms with Crippen LogP contribution in [0.2, 0.25) is 0 Å². The van der Waals surface area contributed by atoms with Gasteiger partial charge in [-0.05, 0) is 31.6 Å². The Morgan fingerprint density at radius 3 is 2.26 bits per heavy atom. The van der Waals surface area contributed by atoms with Crippen molar-refractivity contribution in [3.8, 4) is 0 Å². The zero-order valence-electron chi connectivity index (χ0n) is 17.9. The van der Waals surface area contributed by atoms with Gasteiger partial charge in [-0.3, -0.25) is 19.2 Å². The minimum absolute atomic E-state index is 0.0244. The number of hydrogen-bond acceptors (Lipinski definition) is 7. The van der Waals surface area contributed by atoms with E-state index in [2.05, 4.69) is 23.3 Å². The minimum Gasteiger partial charge on any atom is -0.480 e. The molecule has 1 heterocycles. The summed E-state index contributed by atoms with van der Waals surface area (Å²) >= 11 is 3.95. The third-order valence-electron chi connectivity index (χ3n) is 4.99. The summed E-state index contributed by atoms with van der Waals surface area (Å²) in [5.74, 6) is -3.46. The fraction of sp³-hybridized carbons (Fsp3) is 0.737. The van der Waals surface area contributed by atoms with Crippen molar-refractivity contribution in [1.82, 2.24) is 15.5 Å². The maximum atomic E-state index is 13.1. The molecule has 1 saturated heterocycles. The van der Waals surface area contributed by atoms with Crippen LogP contribution in [0, 0.1) is 5.92 Å². The number of carbonyl (C=O) groups excluding carboxylic acids is 4. The van der Waals surface area contributed by atoms with Crippen molar-refractivity contribution in [3.63, 3.8) is 0 Å². The quantitative estimate of drug-likeness (QED) is 0.194. The number of rotatable bonds is 12. The molecule has 1 rings (SSSR count). The highest BCUT2D eigenvalue weighted by atomic mass is 32.1. The summed E-state index contributed by atoms with van der Waals surface area (Å²) in [7, 11) is 0. The number of thiol groups is 1. The molecule has 7 N–H and O–H groups in total. The van der Waals surface area contributed by atoms with E-state index in [1.807, 2.05) is 13.8 Å². The SMILES string of the molecule is CC(C)CC(NC(=O)C(CCC(N)=O)NC(=O)C(N)CS)C(=O)N1CCCC1C(=O)O. The predicted octanol–water partition coefficient (Wildman–Crippen LogP) is -1.40. The third-order valence-corrected chi connectivity index (χ3v) is 5.38. The molecule has 31 heavy (non-hydrogen) atoms. The highest BCUT2D eigenvalue weighted by Crippen LogP contribution is 2.20. The molecule has 11 nitrogen and oxygen atoms in total. The summed E-state index contributed by atoms with van der Waals surface area (Å²) in [6.45, 7) is 4.02. The lowest BCUT2D eigenvalue weighted by molar-refractivity contribution is -0.149. The van der Waals surface area contributed by atoms with Gasteiger partial charge in [0, 0.05) is 18.7 Å². The Morgan fingerprint density at radius 2 is 1.74 bits per heavy atom. The third kappa shape index (κ3) is 8.37. The molecule has 0 radical (unpaired) electrons. The van der Waals surface area contributed by atoms with E-state index in [1.165, 1.54) is 4.90 Å². The predicted molar refractivity (Wildman–Crippen MR) is 116 cm³/mol. The summed E-state index contributed by atoms with van der Waals surface area (Å²) in [6.07, 6.45) is 0.951. The molecule has 4 amide bonds. The molecule has 1 aliphatic heterocycles. The molecule has 0 bridgehead atoms. The van der Waals surface area contributed by atoms with Gasteiger partial charge in [0.1, 0.15) is 18.1 Å². The first-order valence-corrected chi connectivity index (χ1v) is 10.9. The molecule has 0 aromatic carbocycles. The Hall–Kier alpha value is -2.34. The summed E-state index contributed by atoms with van der Waals surface area (Å²) in [5.41, 5.74) is 10.8. The lowest BCUT2D eigenvalue weighted by Gasteiger charge is -2.29. The molecular weight excluding hydrogens is 426 g/mol. The number of carbonyl (C=O) groups is 5. The van der Waals surface area contributed by atoms with Crippen LogP contribution < -0.4 is 22.1 Å². The number of hydrogen-bond donors (Lipinski definition) is 6. The van der Waals surface area contributed by atoms with Crippen LogP contribution in [0.25, 0.3) is 0 Å². The van der Waals surface area contributed by atoms with Gasteiger partial charge in [-0.15, -0.1) is 0 Å². The number of carboxylic acids is 1. The van der Waals surface area contributed by atoms with Crippen molar-refractivity contribution >= 4 is 42.2 Å². The Morgan fingerprint density at radius 1 is 1.13 bits per heavy atom. The number of aliphatic carboxylic acids is 1. The first kappa shape index (κ1) is 26.7. The van der Waals surface area contributed by atoms with Crippen molar-refractivity contribution < 1.29 is 29.1 Å². The fourth-order valence-corrected chi connectivity index (χ4v) is 3.54. The first-order chi connectivity index (χ1) is 14.5. The van der Waals surface area contributed by atoms with E-state index in [-0.39, 0.29) is 30.9 Å². The van der Waals surface area contributed by atoms with E-state index >= 15 is 0 Å². The number of nitrogens with zero attached hydrogens (tertiary/aromatic N) is 1. The van der Waals surface area contributed by atoms with E-state index in [0.29, 0.717) is 19.4 Å². The molecule has 0 aliphatic carbocycles. The Bertz CT molecular complexity index is 689. The zero-order valence-corrected chi connectivity index (χ0v) is 18.8. The van der Waals surface area contributed by atoms with Crippen molar-refractivity contribution in [3.05, 3.63) is 0 Å². The summed E-state index contributed by atoms with van der Waals surface area (Å²) in [6, 6.07) is -4.00. The molecule has 4 unspecified atom stereocenters. The van der Waals surface area contributed by atoms with Gasteiger partial charge in [0.05, 0.1) is 6.04 Å². The first-order valence-electron chi connectivity index (χ1n) is 10.3. The molecule has 0 aromatic heterocycles. The lowest BCUT2D eigenvalue weighted by atomic mass is 10.0. The average Bonchev–Trinajstić information content (AvgIpc) is 3.18. The van der Waals surface area contributed by atoms with Crippen LogP contribution in [-0.4, -0.2) is 76.1 Å². The van der Waals surface area contributed by atoms with Gasteiger partial charge in [-0.25, -0.2) is 4.79 Å². The molecular formula is C19H33N5O6S. The summed E-state index contributed by atoms with van der Waals surface area (Å²) in [4.78, 5) is 62.0. The number of likely N-dealkylation sites (tertiary alicyclic amines) is 1. The van der Waals surface area contributed by atoms with E-state index in [4.69, 9.17) is 11.5 Å². The Kier molecular flexibility index (Phi) is 10.8. The monoisotopic (exact) mass is 459 g/mol. The Balaban J connectivity index is 3.00. The largest absolute Gasteiger partial charge is 0.480 e. The van der Waals surface area contributed by atoms with Crippen LogP contribution in [-0.2, 0) is 24.0 Å². The highest BCUT2D eigenvalue weighted by molar-refractivity contribution is 7.80. The molecule has 0 saturated carbocycles. The zero-order chi connectivity index (χ0) is 23.7. The van der Waals surface area contributed by atoms with Crippen LogP contribution in [0.1, 0.15) is 46.0 Å². The van der Waals surface area contributed by atoms with Crippen LogP contribution >= 0.6 is 12.6 Å². The number of amides is 4. The summed E-state index contributed by atoms with van der Waals surface area (Å²) in [5, 5.41) is 14.5. The van der Waals surface area contributed by atoms with E-state index in [0.717, 1.165) is 0 Å². The van der Waals surface area contributed by atoms with Crippen molar-refractivity contribution in [1.29, 1.82) is 0 Å². The molecule has 12 heteroatoms. The van der Waals surface area contributed by atoms with E-state index in [1.54, 1.807) is 0 Å². The normalized spacial score (nSPS) is 18.9. The molecule has 4 atom stereocenters. The Labute approximate surface area is 187 Å². The molecule has 1 fully saturated rings. The topological polar surface area (TPSA) is 185 Å². The maximum Gasteiger partial charge on any atom is 0.326 e. The van der Waals surface area contributed by atoms with Gasteiger partial charge in [0.2, 0.25) is 23.6 Å². The van der Waals surface area contributed by atoms with E-state index < -0.39 is 53.8 Å². The van der Waals surface area contributed by atoms with Crippen molar-refractivity contribution in [2.24, 2.45) is 17.4 Å². The molecule has 176 valence electrons. The number of carboxylic acid groups (broad SMARTS) is 1. The van der Waals surface area contributed by atoms with Gasteiger partial charge in [0.15, 0.2) is 0 Å². The molecule has 1 aliphatic rings. The van der Waals surface area contributed by atoms with Gasteiger partial charge in [-0.2, -0.15) is 12.6 Å². The van der Waals surface area contributed by atoms with Crippen molar-refractivity contribution in [2.45, 2.75) is 70.1 Å². The fourth-order valence-electron chi connectivity index (χ4n) is 3.37. The van der Waals surface area contributed by atoms with Crippen LogP contribution in [0.15, 0.2) is 0 Å². The lowest BCUT2D eigenvalue weighted by Crippen LogP contribution is -2.57. The second kappa shape index (κ2) is 12.5. The van der Waals surface area contributed by atoms with Crippen LogP contribution in [0.5, 0.6) is 0 Å². The van der Waals surface area contributed by atoms with Gasteiger partial charge >= 0.3 is 5.97 Å². The highest BCUT2D eigenvalue weighted by Gasteiger charge is 2.38. The average molecular weight is 460 g/mol. The van der Waals surface area contributed by atoms with Gasteiger partial charge in [0.25, 0.3) is 0 Å². The number of primary amides is 1. The number of nitrogens with one attached hydrogen (secondary N) is 2. The maximum absolute atomic E-state index is 13.1. The minimum atomic E-state index is -1.14. The van der Waals surface area contributed by atoms with Crippen molar-refractivity contribution in [2.75, 3.05) is 12.3 Å². The van der Waals surface area contributed by atoms with Crippen LogP contribution in [0.3, 0.4) is 0 Å². The molecule has 0 aromatic rings. The van der Waals surface area contributed by atoms with Crippen LogP contribution in [0.4, 0.5) is 0 Å². The smallest absolute Gasteiger partial charge is 0.326 e. The number of nitrogens with two attached hydrogens (primary N) is 2. The second-order valence-corrected chi connectivity index (χ2v) is 8.44.